The van der Waals surface area contributed by atoms with Crippen molar-refractivity contribution in [3.8, 4) is 5.69 Å². The third kappa shape index (κ3) is 5.01. The Morgan fingerprint density at radius 1 is 1.09 bits per heavy atom. The number of benzene rings is 2. The molecule has 0 bridgehead atoms. The number of carbonyl (C=O) groups excluding carboxylic acids is 2. The lowest BCUT2D eigenvalue weighted by molar-refractivity contribution is -0.114. The molecule has 10 heteroatoms. The molecule has 0 aliphatic carbocycles. The van der Waals surface area contributed by atoms with Gasteiger partial charge in [-0.25, -0.2) is 4.98 Å². The minimum absolute atomic E-state index is 0.0517. The fourth-order valence-electron chi connectivity index (χ4n) is 3.00. The topological polar surface area (TPSA) is 93.1 Å². The highest BCUT2D eigenvalue weighted by Crippen LogP contribution is 2.25. The van der Waals surface area contributed by atoms with Crippen LogP contribution >= 0.6 is 34.7 Å². The van der Waals surface area contributed by atoms with Gasteiger partial charge in [-0.1, -0.05) is 29.4 Å². The Morgan fingerprint density at radius 2 is 1.81 bits per heavy atom. The summed E-state index contributed by atoms with van der Waals surface area (Å²) in [5.41, 5.74) is 2.21. The Balaban J connectivity index is 1.55. The van der Waals surface area contributed by atoms with Gasteiger partial charge in [-0.05, 0) is 53.9 Å². The van der Waals surface area contributed by atoms with Gasteiger partial charge in [0.2, 0.25) is 11.8 Å². The highest BCUT2D eigenvalue weighted by Gasteiger charge is 2.16. The number of amides is 2. The molecule has 32 heavy (non-hydrogen) atoms. The molecule has 0 fully saturated rings. The van der Waals surface area contributed by atoms with Crippen molar-refractivity contribution in [2.45, 2.75) is 12.1 Å². The summed E-state index contributed by atoms with van der Waals surface area (Å²) >= 11 is 8.61. The molecular weight excluding hydrogens is 468 g/mol. The number of fused-ring (bicyclic) bond motifs is 1. The van der Waals surface area contributed by atoms with Crippen LogP contribution in [0.25, 0.3) is 15.9 Å². The molecule has 7 nitrogen and oxygen atoms in total. The van der Waals surface area contributed by atoms with E-state index in [9.17, 15) is 14.4 Å². The van der Waals surface area contributed by atoms with E-state index in [0.29, 0.717) is 37.5 Å². The van der Waals surface area contributed by atoms with E-state index in [4.69, 9.17) is 11.6 Å². The predicted molar refractivity (Wildman–Crippen MR) is 130 cm³/mol. The lowest BCUT2D eigenvalue weighted by atomic mass is 10.3. The third-order valence-corrected chi connectivity index (χ3v) is 6.40. The number of nitrogens with one attached hydrogen (secondary N) is 2. The smallest absolute Gasteiger partial charge is 0.276 e. The van der Waals surface area contributed by atoms with Crippen LogP contribution in [0.15, 0.2) is 69.9 Å². The number of hydrogen-bond donors (Lipinski definition) is 2. The van der Waals surface area contributed by atoms with Crippen LogP contribution in [-0.4, -0.2) is 27.1 Å². The number of hydrogen-bond acceptors (Lipinski definition) is 6. The minimum Gasteiger partial charge on any atom is -0.326 e. The Kier molecular flexibility index (Phi) is 6.59. The Labute approximate surface area is 196 Å². The van der Waals surface area contributed by atoms with Crippen LogP contribution < -0.4 is 16.2 Å². The Hall–Kier alpha value is -3.14. The summed E-state index contributed by atoms with van der Waals surface area (Å²) in [5.74, 6) is -0.366. The Morgan fingerprint density at radius 3 is 2.50 bits per heavy atom. The fourth-order valence-corrected chi connectivity index (χ4v) is 4.76. The molecule has 4 aromatic rings. The molecular formula is C22H17ClN4O3S2. The highest BCUT2D eigenvalue weighted by atomic mass is 35.5. The lowest BCUT2D eigenvalue weighted by Crippen LogP contribution is -2.22. The number of thiophene rings is 1. The van der Waals surface area contributed by atoms with Crippen molar-refractivity contribution in [2.24, 2.45) is 0 Å². The van der Waals surface area contributed by atoms with Crippen molar-refractivity contribution in [3.63, 3.8) is 0 Å². The molecule has 0 atom stereocenters. The number of anilines is 2. The number of halogens is 1. The van der Waals surface area contributed by atoms with Gasteiger partial charge in [0.05, 0.1) is 17.0 Å². The largest absolute Gasteiger partial charge is 0.326 e. The van der Waals surface area contributed by atoms with Gasteiger partial charge < -0.3 is 10.6 Å². The molecule has 2 amide bonds. The third-order valence-electron chi connectivity index (χ3n) is 4.34. The molecule has 0 aliphatic heterocycles. The SMILES string of the molecule is CC(=O)Nc1ccc(NC(=O)CSc2nc3ccsc3c(=O)n2-c2cccc(Cl)c2)cc1. The molecule has 2 aromatic heterocycles. The van der Waals surface area contributed by atoms with Crippen LogP contribution in [0.3, 0.4) is 0 Å². The average molecular weight is 485 g/mol. The first-order chi connectivity index (χ1) is 15.4. The second kappa shape index (κ2) is 9.56. The van der Waals surface area contributed by atoms with Crippen LogP contribution in [0.1, 0.15) is 6.92 Å². The monoisotopic (exact) mass is 484 g/mol. The quantitative estimate of drug-likeness (QED) is 0.303. The zero-order valence-corrected chi connectivity index (χ0v) is 19.2. The van der Waals surface area contributed by atoms with Gasteiger partial charge in [0.25, 0.3) is 5.56 Å². The molecule has 2 aromatic carbocycles. The second-order valence-corrected chi connectivity index (χ2v) is 9.04. The average Bonchev–Trinajstić information content (AvgIpc) is 3.22. The first kappa shape index (κ1) is 22.1. The maximum atomic E-state index is 13.1. The van der Waals surface area contributed by atoms with Crippen LogP contribution in [0.4, 0.5) is 11.4 Å². The Bertz CT molecular complexity index is 1370. The standard InChI is InChI=1S/C22H17ClN4O3S2/c1-13(28)24-15-5-7-16(8-6-15)25-19(29)12-32-22-26-18-9-10-31-20(18)21(30)27(22)17-4-2-3-14(23)11-17/h2-11H,12H2,1H3,(H,24,28)(H,25,29). The predicted octanol–water partition coefficient (Wildman–Crippen LogP) is 4.79. The zero-order valence-electron chi connectivity index (χ0n) is 16.8. The van der Waals surface area contributed by atoms with Gasteiger partial charge >= 0.3 is 0 Å². The summed E-state index contributed by atoms with van der Waals surface area (Å²) in [6.45, 7) is 1.43. The summed E-state index contributed by atoms with van der Waals surface area (Å²) in [6.07, 6.45) is 0. The van der Waals surface area contributed by atoms with E-state index in [0.717, 1.165) is 11.8 Å². The van der Waals surface area contributed by atoms with E-state index in [1.165, 1.54) is 22.8 Å². The van der Waals surface area contributed by atoms with E-state index < -0.39 is 0 Å². The highest BCUT2D eigenvalue weighted by molar-refractivity contribution is 7.99. The van der Waals surface area contributed by atoms with E-state index >= 15 is 0 Å². The summed E-state index contributed by atoms with van der Waals surface area (Å²) in [5, 5.41) is 8.18. The maximum Gasteiger partial charge on any atom is 0.276 e. The van der Waals surface area contributed by atoms with Gasteiger partial charge in [0.1, 0.15) is 4.70 Å². The van der Waals surface area contributed by atoms with Gasteiger partial charge in [0.15, 0.2) is 5.16 Å². The normalized spacial score (nSPS) is 10.8. The molecule has 2 heterocycles. The summed E-state index contributed by atoms with van der Waals surface area (Å²) < 4.78 is 2.02. The number of aromatic nitrogens is 2. The zero-order chi connectivity index (χ0) is 22.7. The molecule has 0 radical (unpaired) electrons. The molecule has 0 saturated heterocycles. The van der Waals surface area contributed by atoms with Gasteiger partial charge in [-0.15, -0.1) is 11.3 Å². The van der Waals surface area contributed by atoms with E-state index in [1.807, 2.05) is 5.38 Å². The molecule has 0 spiro atoms. The maximum absolute atomic E-state index is 13.1. The van der Waals surface area contributed by atoms with Gasteiger partial charge in [-0.2, -0.15) is 0 Å². The van der Waals surface area contributed by atoms with Crippen molar-refractivity contribution in [3.05, 3.63) is 75.4 Å². The van der Waals surface area contributed by atoms with Crippen LogP contribution in [0.2, 0.25) is 5.02 Å². The van der Waals surface area contributed by atoms with E-state index in [1.54, 1.807) is 54.6 Å². The van der Waals surface area contributed by atoms with Crippen molar-refractivity contribution in [1.82, 2.24) is 9.55 Å². The fraction of sp³-hybridized carbons (Fsp3) is 0.0909. The summed E-state index contributed by atoms with van der Waals surface area (Å²) in [6, 6.07) is 15.5. The number of carbonyl (C=O) groups is 2. The van der Waals surface area contributed by atoms with Crippen LogP contribution in [0, 0.1) is 0 Å². The van der Waals surface area contributed by atoms with Crippen molar-refractivity contribution >= 4 is 68.1 Å². The second-order valence-electron chi connectivity index (χ2n) is 6.75. The number of rotatable bonds is 6. The van der Waals surface area contributed by atoms with Crippen molar-refractivity contribution < 1.29 is 9.59 Å². The van der Waals surface area contributed by atoms with Crippen LogP contribution in [-0.2, 0) is 9.59 Å². The van der Waals surface area contributed by atoms with Gasteiger partial charge in [-0.3, -0.25) is 19.0 Å². The molecule has 4 rings (SSSR count). The molecule has 0 unspecified atom stereocenters. The summed E-state index contributed by atoms with van der Waals surface area (Å²) in [4.78, 5) is 41.3. The first-order valence-electron chi connectivity index (χ1n) is 9.47. The summed E-state index contributed by atoms with van der Waals surface area (Å²) in [7, 11) is 0. The first-order valence-corrected chi connectivity index (χ1v) is 11.7. The number of thioether (sulfide) groups is 1. The lowest BCUT2D eigenvalue weighted by Gasteiger charge is -2.12. The molecule has 0 aliphatic rings. The molecule has 0 saturated carbocycles. The minimum atomic E-state index is -0.250. The number of nitrogens with zero attached hydrogens (tertiary/aromatic N) is 2. The van der Waals surface area contributed by atoms with Crippen LogP contribution in [0.5, 0.6) is 0 Å². The van der Waals surface area contributed by atoms with E-state index in [2.05, 4.69) is 15.6 Å². The van der Waals surface area contributed by atoms with Crippen molar-refractivity contribution in [1.29, 1.82) is 0 Å². The molecule has 2 N–H and O–H groups in total. The van der Waals surface area contributed by atoms with Crippen molar-refractivity contribution in [2.75, 3.05) is 16.4 Å². The van der Waals surface area contributed by atoms with E-state index in [-0.39, 0.29) is 23.1 Å². The molecule has 162 valence electrons. The van der Waals surface area contributed by atoms with Gasteiger partial charge in [0, 0.05) is 23.3 Å².